The van der Waals surface area contributed by atoms with Crippen LogP contribution in [0, 0.1) is 18.6 Å². The van der Waals surface area contributed by atoms with Crippen LogP contribution in [0.1, 0.15) is 23.7 Å². The molecule has 0 saturated carbocycles. The minimum Gasteiger partial charge on any atom is -0.487 e. The van der Waals surface area contributed by atoms with Gasteiger partial charge in [-0.15, -0.1) is 12.4 Å². The standard InChI is InChI=1S/C23H22BrF2N3O3.ClH/c1-13-9-20(32-12-16-5-6-17(25)10-19(16)26)21(24)23(31)29(13)18-7-3-15(4-8-18)11-28-14(2)22(27)30;/h3-10,14,28H,11-12H2,1-2H3,(H2,27,30);1H. The number of hydrogen-bond donors (Lipinski definition) is 2. The summed E-state index contributed by atoms with van der Waals surface area (Å²) >= 11 is 3.27. The molecule has 0 aliphatic rings. The van der Waals surface area contributed by atoms with Crippen molar-refractivity contribution in [2.24, 2.45) is 5.73 Å². The fourth-order valence-corrected chi connectivity index (χ4v) is 3.44. The number of nitrogens with one attached hydrogen (secondary N) is 1. The number of halogens is 4. The van der Waals surface area contributed by atoms with Crippen molar-refractivity contribution in [3.8, 4) is 11.4 Å². The zero-order chi connectivity index (χ0) is 23.4. The molecule has 6 nitrogen and oxygen atoms in total. The van der Waals surface area contributed by atoms with Crippen LogP contribution in [0.25, 0.3) is 5.69 Å². The van der Waals surface area contributed by atoms with Crippen molar-refractivity contribution in [2.75, 3.05) is 0 Å². The van der Waals surface area contributed by atoms with Crippen molar-refractivity contribution in [3.63, 3.8) is 0 Å². The second kappa shape index (κ2) is 11.4. The quantitative estimate of drug-likeness (QED) is 0.448. The largest absolute Gasteiger partial charge is 0.487 e. The third-order valence-electron chi connectivity index (χ3n) is 4.93. The molecule has 1 heterocycles. The van der Waals surface area contributed by atoms with E-state index in [2.05, 4.69) is 21.2 Å². The van der Waals surface area contributed by atoms with Gasteiger partial charge in [0, 0.05) is 35.6 Å². The molecule has 0 fully saturated rings. The topological polar surface area (TPSA) is 86.3 Å². The Kier molecular flexibility index (Phi) is 9.16. The van der Waals surface area contributed by atoms with Crippen molar-refractivity contribution >= 4 is 34.2 Å². The van der Waals surface area contributed by atoms with E-state index in [4.69, 9.17) is 10.5 Å². The molecular weight excluding hydrogens is 520 g/mol. The number of aryl methyl sites for hydroxylation is 1. The number of pyridine rings is 1. The summed E-state index contributed by atoms with van der Waals surface area (Å²) in [6.07, 6.45) is 0. The number of aromatic nitrogens is 1. The number of carbonyl (C=O) groups excluding carboxylic acids is 1. The minimum atomic E-state index is -0.717. The van der Waals surface area contributed by atoms with E-state index < -0.39 is 23.6 Å². The molecule has 0 bridgehead atoms. The van der Waals surface area contributed by atoms with E-state index in [9.17, 15) is 18.4 Å². The third kappa shape index (κ3) is 6.40. The van der Waals surface area contributed by atoms with Gasteiger partial charge in [-0.25, -0.2) is 8.78 Å². The second-order valence-electron chi connectivity index (χ2n) is 7.30. The molecule has 1 amide bonds. The van der Waals surface area contributed by atoms with E-state index in [-0.39, 0.29) is 40.4 Å². The Morgan fingerprint density at radius 2 is 1.85 bits per heavy atom. The zero-order valence-corrected chi connectivity index (χ0v) is 20.3. The summed E-state index contributed by atoms with van der Waals surface area (Å²) in [5.41, 5.74) is 7.26. The number of nitrogens with two attached hydrogens (primary N) is 1. The normalized spacial score (nSPS) is 11.5. The maximum absolute atomic E-state index is 13.8. The molecule has 10 heteroatoms. The molecule has 0 radical (unpaired) electrons. The van der Waals surface area contributed by atoms with Crippen LogP contribution in [0.4, 0.5) is 8.78 Å². The van der Waals surface area contributed by atoms with Crippen LogP contribution in [0.2, 0.25) is 0 Å². The van der Waals surface area contributed by atoms with Gasteiger partial charge < -0.3 is 15.8 Å². The maximum Gasteiger partial charge on any atom is 0.273 e. The van der Waals surface area contributed by atoms with Gasteiger partial charge in [0.05, 0.1) is 6.04 Å². The summed E-state index contributed by atoms with van der Waals surface area (Å²) in [5, 5.41) is 3.02. The summed E-state index contributed by atoms with van der Waals surface area (Å²) in [4.78, 5) is 24.1. The monoisotopic (exact) mass is 541 g/mol. The fourth-order valence-electron chi connectivity index (χ4n) is 3.04. The molecule has 0 aliphatic heterocycles. The van der Waals surface area contributed by atoms with Gasteiger partial charge in [0.1, 0.15) is 28.5 Å². The highest BCUT2D eigenvalue weighted by Crippen LogP contribution is 2.25. The van der Waals surface area contributed by atoms with E-state index in [1.54, 1.807) is 32.0 Å². The van der Waals surface area contributed by atoms with Crippen molar-refractivity contribution in [3.05, 3.63) is 91.8 Å². The molecule has 176 valence electrons. The smallest absolute Gasteiger partial charge is 0.273 e. The van der Waals surface area contributed by atoms with E-state index in [0.29, 0.717) is 17.9 Å². The van der Waals surface area contributed by atoms with Crippen LogP contribution in [-0.2, 0) is 17.9 Å². The molecule has 3 N–H and O–H groups in total. The van der Waals surface area contributed by atoms with Crippen LogP contribution in [0.15, 0.2) is 57.8 Å². The molecule has 0 spiro atoms. The Morgan fingerprint density at radius 1 is 1.18 bits per heavy atom. The number of primary amides is 1. The Morgan fingerprint density at radius 3 is 2.45 bits per heavy atom. The van der Waals surface area contributed by atoms with E-state index in [0.717, 1.165) is 17.7 Å². The zero-order valence-electron chi connectivity index (χ0n) is 17.9. The van der Waals surface area contributed by atoms with Crippen molar-refractivity contribution in [1.82, 2.24) is 9.88 Å². The average Bonchev–Trinajstić information content (AvgIpc) is 2.75. The summed E-state index contributed by atoms with van der Waals surface area (Å²) < 4.78 is 34.2. The summed E-state index contributed by atoms with van der Waals surface area (Å²) in [6.45, 7) is 3.74. The molecular formula is C23H23BrClF2N3O3. The number of rotatable bonds is 8. The van der Waals surface area contributed by atoms with Crippen molar-refractivity contribution < 1.29 is 18.3 Å². The number of nitrogens with zero attached hydrogens (tertiary/aromatic N) is 1. The van der Waals surface area contributed by atoms with Gasteiger partial charge >= 0.3 is 0 Å². The van der Waals surface area contributed by atoms with E-state index in [1.807, 2.05) is 12.1 Å². The molecule has 0 saturated heterocycles. The highest BCUT2D eigenvalue weighted by molar-refractivity contribution is 9.10. The molecule has 2 aromatic carbocycles. The first-order valence-corrected chi connectivity index (χ1v) is 10.6. The number of carbonyl (C=O) groups is 1. The lowest BCUT2D eigenvalue weighted by Crippen LogP contribution is -2.38. The number of hydrogen-bond acceptors (Lipinski definition) is 4. The molecule has 1 atom stereocenters. The fraction of sp³-hybridized carbons (Fsp3) is 0.217. The van der Waals surface area contributed by atoms with Gasteiger partial charge in [-0.05, 0) is 59.6 Å². The SMILES string of the molecule is Cc1cc(OCc2ccc(F)cc2F)c(Br)c(=O)n1-c1ccc(CNC(C)C(N)=O)cc1.Cl. The molecule has 0 aliphatic carbocycles. The lowest BCUT2D eigenvalue weighted by Gasteiger charge is -2.15. The minimum absolute atomic E-state index is 0. The Hall–Kier alpha value is -2.75. The van der Waals surface area contributed by atoms with Gasteiger partial charge in [0.15, 0.2) is 0 Å². The number of benzene rings is 2. The van der Waals surface area contributed by atoms with Crippen LogP contribution in [0.5, 0.6) is 5.75 Å². The molecule has 3 aromatic rings. The van der Waals surface area contributed by atoms with Gasteiger partial charge in [0.2, 0.25) is 5.91 Å². The molecule has 1 unspecified atom stereocenters. The van der Waals surface area contributed by atoms with Gasteiger partial charge in [0.25, 0.3) is 5.56 Å². The Bertz CT molecular complexity index is 1200. The first-order valence-electron chi connectivity index (χ1n) is 9.78. The summed E-state index contributed by atoms with van der Waals surface area (Å²) in [6, 6.07) is 11.7. The lowest BCUT2D eigenvalue weighted by atomic mass is 10.2. The number of ether oxygens (including phenoxy) is 1. The summed E-state index contributed by atoms with van der Waals surface area (Å²) in [7, 11) is 0. The molecule has 33 heavy (non-hydrogen) atoms. The summed E-state index contributed by atoms with van der Waals surface area (Å²) in [5.74, 6) is -1.56. The first kappa shape index (κ1) is 26.5. The highest BCUT2D eigenvalue weighted by Gasteiger charge is 2.15. The third-order valence-corrected chi connectivity index (χ3v) is 5.66. The highest BCUT2D eigenvalue weighted by atomic mass is 79.9. The lowest BCUT2D eigenvalue weighted by molar-refractivity contribution is -0.119. The van der Waals surface area contributed by atoms with E-state index in [1.165, 1.54) is 10.6 Å². The van der Waals surface area contributed by atoms with Crippen molar-refractivity contribution in [1.29, 1.82) is 0 Å². The van der Waals surface area contributed by atoms with E-state index >= 15 is 0 Å². The predicted octanol–water partition coefficient (Wildman–Crippen LogP) is 4.15. The molecule has 3 rings (SSSR count). The number of amides is 1. The van der Waals surface area contributed by atoms with Crippen LogP contribution in [0.3, 0.4) is 0 Å². The maximum atomic E-state index is 13.8. The Balaban J connectivity index is 0.00000385. The van der Waals surface area contributed by atoms with Crippen molar-refractivity contribution in [2.45, 2.75) is 33.0 Å². The average molecular weight is 543 g/mol. The van der Waals surface area contributed by atoms with Gasteiger partial charge in [-0.1, -0.05) is 12.1 Å². The van der Waals surface area contributed by atoms with Gasteiger partial charge in [-0.2, -0.15) is 0 Å². The van der Waals surface area contributed by atoms with Crippen LogP contribution < -0.4 is 21.3 Å². The van der Waals surface area contributed by atoms with Crippen LogP contribution in [-0.4, -0.2) is 16.5 Å². The second-order valence-corrected chi connectivity index (χ2v) is 8.09. The molecule has 1 aromatic heterocycles. The predicted molar refractivity (Wildman–Crippen MR) is 128 cm³/mol. The van der Waals surface area contributed by atoms with Crippen LogP contribution >= 0.6 is 28.3 Å². The first-order chi connectivity index (χ1) is 15.2. The van der Waals surface area contributed by atoms with Gasteiger partial charge in [-0.3, -0.25) is 14.2 Å². The Labute approximate surface area is 204 Å².